The van der Waals surface area contributed by atoms with Gasteiger partial charge in [0.05, 0.1) is 19.8 Å². The number of carbonyl (C=O) groups is 3. The van der Waals surface area contributed by atoms with Crippen molar-refractivity contribution in [2.45, 2.75) is 174 Å². The Kier molecular flexibility index (Phi) is 38.8. The molecule has 0 bridgehead atoms. The summed E-state index contributed by atoms with van der Waals surface area (Å²) in [5.74, 6) is -0.957. The zero-order valence-electron chi connectivity index (χ0n) is 35.7. The topological polar surface area (TPSA) is 166 Å². The third kappa shape index (κ3) is 39.9. The summed E-state index contributed by atoms with van der Waals surface area (Å²) < 4.78 is 32.6. The number of unbranched alkanes of at least 4 members (excludes halogenated alkanes) is 13. The van der Waals surface area contributed by atoms with Gasteiger partial charge in [0.2, 0.25) is 0 Å². The van der Waals surface area contributed by atoms with Crippen molar-refractivity contribution in [3.8, 4) is 0 Å². The molecule has 0 aliphatic carbocycles. The van der Waals surface area contributed by atoms with Crippen molar-refractivity contribution in [2.24, 2.45) is 0 Å². The zero-order valence-corrected chi connectivity index (χ0v) is 36.6. The molecular formula is C46H77O11P. The number of ether oxygens (including phenoxy) is 2. The Hall–Kier alpha value is -2.92. The fourth-order valence-electron chi connectivity index (χ4n) is 5.37. The van der Waals surface area contributed by atoms with Gasteiger partial charge in [0, 0.05) is 19.3 Å². The monoisotopic (exact) mass is 837 g/mol. The molecule has 3 atom stereocenters. The first-order chi connectivity index (χ1) is 28.1. The molecule has 11 nitrogen and oxygen atoms in total. The van der Waals surface area contributed by atoms with Crippen LogP contribution in [0.4, 0.5) is 0 Å². The highest BCUT2D eigenvalue weighted by molar-refractivity contribution is 7.47. The molecular weight excluding hydrogens is 759 g/mol. The highest BCUT2D eigenvalue weighted by Crippen LogP contribution is 2.43. The van der Waals surface area contributed by atoms with Gasteiger partial charge in [-0.3, -0.25) is 23.4 Å². The Morgan fingerprint density at radius 1 is 0.569 bits per heavy atom. The Bertz CT molecular complexity index is 1250. The van der Waals surface area contributed by atoms with Crippen molar-refractivity contribution in [1.29, 1.82) is 0 Å². The van der Waals surface area contributed by atoms with E-state index in [0.717, 1.165) is 77.0 Å². The lowest BCUT2D eigenvalue weighted by Crippen LogP contribution is -2.29. The lowest BCUT2D eigenvalue weighted by molar-refractivity contribution is -0.161. The summed E-state index contributed by atoms with van der Waals surface area (Å²) >= 11 is 0. The van der Waals surface area contributed by atoms with Gasteiger partial charge in [-0.15, -0.1) is 0 Å². The van der Waals surface area contributed by atoms with Gasteiger partial charge in [0.25, 0.3) is 0 Å². The molecule has 332 valence electrons. The van der Waals surface area contributed by atoms with E-state index in [0.29, 0.717) is 19.3 Å². The third-order valence-electron chi connectivity index (χ3n) is 8.81. The lowest BCUT2D eigenvalue weighted by atomic mass is 10.1. The van der Waals surface area contributed by atoms with Gasteiger partial charge >= 0.3 is 19.8 Å². The van der Waals surface area contributed by atoms with E-state index in [-0.39, 0.29) is 25.2 Å². The fourth-order valence-corrected chi connectivity index (χ4v) is 6.16. The average molecular weight is 837 g/mol. The van der Waals surface area contributed by atoms with Gasteiger partial charge in [-0.2, -0.15) is 0 Å². The molecule has 0 aliphatic rings. The Morgan fingerprint density at radius 3 is 1.64 bits per heavy atom. The summed E-state index contributed by atoms with van der Waals surface area (Å²) in [4.78, 5) is 47.0. The molecule has 3 N–H and O–H groups in total. The van der Waals surface area contributed by atoms with Crippen LogP contribution in [0.3, 0.4) is 0 Å². The van der Waals surface area contributed by atoms with Crippen LogP contribution in [0, 0.1) is 0 Å². The van der Waals surface area contributed by atoms with E-state index in [4.69, 9.17) is 19.1 Å². The molecule has 0 saturated carbocycles. The minimum absolute atomic E-state index is 0.103. The van der Waals surface area contributed by atoms with Gasteiger partial charge in [-0.05, 0) is 83.1 Å². The van der Waals surface area contributed by atoms with Crippen LogP contribution in [0.2, 0.25) is 0 Å². The van der Waals surface area contributed by atoms with E-state index < -0.39 is 51.8 Å². The first kappa shape index (κ1) is 55.1. The SMILES string of the molecule is CCCCC/C=C\C=C\C(=O)CCCCCCCC(=O)OC[C@H](COP(=O)(O)OC[C@@H](O)CO)OC(=O)CCCCC/C=C\C/C=C\C/C=C\C/C=C\CCCCC. The fraction of sp³-hybridized carbons (Fsp3) is 0.674. The molecule has 0 heterocycles. The van der Waals surface area contributed by atoms with Crippen molar-refractivity contribution in [3.05, 3.63) is 72.9 Å². The summed E-state index contributed by atoms with van der Waals surface area (Å²) in [6.07, 6.45) is 42.6. The van der Waals surface area contributed by atoms with E-state index in [2.05, 4.69) is 73.1 Å². The van der Waals surface area contributed by atoms with Crippen LogP contribution in [0.5, 0.6) is 0 Å². The molecule has 0 amide bonds. The maximum absolute atomic E-state index is 12.6. The van der Waals surface area contributed by atoms with Crippen LogP contribution in [-0.2, 0) is 37.5 Å². The standard InChI is InChI=1S/C46H77O11P/c1-3-5-7-9-11-12-13-14-15-16-17-18-19-20-21-22-24-28-33-37-46(51)57-44(41-56-58(52,53)55-39-43(49)38-47)40-54-45(50)36-32-29-25-27-31-35-42(48)34-30-26-23-10-8-6-4-2/h11-12,14-15,17-18,20-21,23,26,30,34,43-44,47,49H,3-10,13,16,19,22,24-25,27-29,31-33,35-41H2,1-2H3,(H,52,53)/b12-11-,15-14-,18-17-,21-20-,26-23-,34-30+/t43-,44+/m0/s1. The maximum atomic E-state index is 12.6. The number of hydrogen-bond acceptors (Lipinski definition) is 10. The number of aliphatic hydroxyl groups is 2. The van der Waals surface area contributed by atoms with Crippen LogP contribution in [-0.4, -0.2) is 71.5 Å². The van der Waals surface area contributed by atoms with Crippen molar-refractivity contribution in [1.82, 2.24) is 0 Å². The minimum Gasteiger partial charge on any atom is -0.462 e. The number of hydrogen-bond donors (Lipinski definition) is 3. The number of carbonyl (C=O) groups excluding carboxylic acids is 3. The van der Waals surface area contributed by atoms with Gasteiger partial charge in [0.15, 0.2) is 11.9 Å². The molecule has 0 aromatic carbocycles. The predicted octanol–water partition coefficient (Wildman–Crippen LogP) is 10.8. The lowest BCUT2D eigenvalue weighted by Gasteiger charge is -2.20. The first-order valence-electron chi connectivity index (χ1n) is 21.8. The quantitative estimate of drug-likeness (QED) is 0.0134. The van der Waals surface area contributed by atoms with Gasteiger partial charge < -0.3 is 24.6 Å². The van der Waals surface area contributed by atoms with E-state index >= 15 is 0 Å². The Morgan fingerprint density at radius 2 is 1.05 bits per heavy atom. The molecule has 0 spiro atoms. The number of ketones is 1. The second kappa shape index (κ2) is 40.8. The number of rotatable bonds is 40. The zero-order chi connectivity index (χ0) is 42.8. The molecule has 1 unspecified atom stereocenters. The first-order valence-corrected chi connectivity index (χ1v) is 23.3. The van der Waals surface area contributed by atoms with Crippen LogP contribution in [0.25, 0.3) is 0 Å². The number of esters is 2. The van der Waals surface area contributed by atoms with E-state index in [1.54, 1.807) is 12.2 Å². The normalized spacial score (nSPS) is 14.4. The van der Waals surface area contributed by atoms with E-state index in [9.17, 15) is 28.9 Å². The summed E-state index contributed by atoms with van der Waals surface area (Å²) in [7, 11) is -4.66. The number of aliphatic hydroxyl groups excluding tert-OH is 2. The molecule has 58 heavy (non-hydrogen) atoms. The number of phosphoric acid groups is 1. The van der Waals surface area contributed by atoms with Crippen molar-refractivity contribution < 1.29 is 52.6 Å². The highest BCUT2D eigenvalue weighted by Gasteiger charge is 2.27. The Labute approximate surface area is 350 Å². The van der Waals surface area contributed by atoms with E-state index in [1.807, 2.05) is 6.08 Å². The molecule has 0 aromatic rings. The largest absolute Gasteiger partial charge is 0.472 e. The van der Waals surface area contributed by atoms with Crippen LogP contribution in [0.1, 0.15) is 162 Å². The Balaban J connectivity index is 4.46. The van der Waals surface area contributed by atoms with Crippen LogP contribution >= 0.6 is 7.82 Å². The molecule has 0 saturated heterocycles. The maximum Gasteiger partial charge on any atom is 0.472 e. The third-order valence-corrected chi connectivity index (χ3v) is 9.76. The average Bonchev–Trinajstić information content (AvgIpc) is 3.21. The highest BCUT2D eigenvalue weighted by atomic mass is 31.2. The molecule has 12 heteroatoms. The van der Waals surface area contributed by atoms with Gasteiger partial charge in [-0.1, -0.05) is 132 Å². The van der Waals surface area contributed by atoms with Crippen molar-refractivity contribution in [2.75, 3.05) is 26.4 Å². The van der Waals surface area contributed by atoms with Crippen molar-refractivity contribution in [3.63, 3.8) is 0 Å². The summed E-state index contributed by atoms with van der Waals surface area (Å²) in [5, 5.41) is 18.3. The van der Waals surface area contributed by atoms with E-state index in [1.165, 1.54) is 38.5 Å². The molecule has 0 aliphatic heterocycles. The second-order valence-corrected chi connectivity index (χ2v) is 15.8. The molecule has 0 rings (SSSR count). The van der Waals surface area contributed by atoms with Crippen LogP contribution in [0.15, 0.2) is 72.9 Å². The van der Waals surface area contributed by atoms with Crippen molar-refractivity contribution >= 4 is 25.5 Å². The summed E-state index contributed by atoms with van der Waals surface area (Å²) in [6.45, 7) is 2.11. The molecule has 0 aromatic heterocycles. The molecule has 0 radical (unpaired) electrons. The van der Waals surface area contributed by atoms with Crippen LogP contribution < -0.4 is 0 Å². The molecule has 0 fully saturated rings. The van der Waals surface area contributed by atoms with Gasteiger partial charge in [-0.25, -0.2) is 4.57 Å². The second-order valence-electron chi connectivity index (χ2n) is 14.4. The number of allylic oxidation sites excluding steroid dienone is 12. The summed E-state index contributed by atoms with van der Waals surface area (Å²) in [6, 6.07) is 0. The summed E-state index contributed by atoms with van der Waals surface area (Å²) in [5.41, 5.74) is 0. The number of phosphoric ester groups is 1. The van der Waals surface area contributed by atoms with Gasteiger partial charge in [0.1, 0.15) is 12.7 Å². The minimum atomic E-state index is -4.66. The smallest absolute Gasteiger partial charge is 0.462 e. The predicted molar refractivity (Wildman–Crippen MR) is 233 cm³/mol.